The van der Waals surface area contributed by atoms with E-state index in [9.17, 15) is 4.79 Å². The van der Waals surface area contributed by atoms with Crippen molar-refractivity contribution in [3.63, 3.8) is 0 Å². The van der Waals surface area contributed by atoms with Gasteiger partial charge in [0.05, 0.1) is 12.1 Å². The molecule has 0 bridgehead atoms. The highest BCUT2D eigenvalue weighted by Crippen LogP contribution is 2.12. The minimum Gasteiger partial charge on any atom is -0.465 e. The van der Waals surface area contributed by atoms with Crippen molar-refractivity contribution in [3.05, 3.63) is 23.8 Å². The van der Waals surface area contributed by atoms with Gasteiger partial charge in [-0.3, -0.25) is 4.79 Å². The standard InChI is InChI=1S/C11H13N3O2/c1-3-16-11(15)7-14-10-5-4-8(2)6-9(10)12-13-14/h4-6H,3,7H2,1-2H3. The Bertz CT molecular complexity index is 519. The second kappa shape index (κ2) is 4.30. The van der Waals surface area contributed by atoms with Gasteiger partial charge in [-0.05, 0) is 31.5 Å². The van der Waals surface area contributed by atoms with Crippen molar-refractivity contribution in [3.8, 4) is 0 Å². The van der Waals surface area contributed by atoms with Crippen LogP contribution in [-0.4, -0.2) is 27.6 Å². The van der Waals surface area contributed by atoms with Crippen molar-refractivity contribution >= 4 is 17.0 Å². The molecule has 5 heteroatoms. The van der Waals surface area contributed by atoms with E-state index in [0.29, 0.717) is 6.61 Å². The van der Waals surface area contributed by atoms with Crippen molar-refractivity contribution in [2.24, 2.45) is 0 Å². The lowest BCUT2D eigenvalue weighted by molar-refractivity contribution is -0.143. The zero-order valence-electron chi connectivity index (χ0n) is 9.30. The third-order valence-corrected chi connectivity index (χ3v) is 2.25. The Morgan fingerprint density at radius 2 is 2.31 bits per heavy atom. The molecule has 0 amide bonds. The molecule has 0 aliphatic heterocycles. The van der Waals surface area contributed by atoms with Crippen LogP contribution in [0.5, 0.6) is 0 Å². The molecule has 0 aliphatic carbocycles. The van der Waals surface area contributed by atoms with Gasteiger partial charge in [0.25, 0.3) is 0 Å². The molecule has 0 saturated heterocycles. The van der Waals surface area contributed by atoms with Crippen LogP contribution in [0.1, 0.15) is 12.5 Å². The summed E-state index contributed by atoms with van der Waals surface area (Å²) in [5.74, 6) is -0.296. The fourth-order valence-corrected chi connectivity index (χ4v) is 1.53. The quantitative estimate of drug-likeness (QED) is 0.730. The first-order valence-electron chi connectivity index (χ1n) is 5.16. The summed E-state index contributed by atoms with van der Waals surface area (Å²) < 4.78 is 6.41. The number of nitrogens with zero attached hydrogens (tertiary/aromatic N) is 3. The number of esters is 1. The predicted molar refractivity (Wildman–Crippen MR) is 58.9 cm³/mol. The van der Waals surface area contributed by atoms with Crippen molar-refractivity contribution in [2.45, 2.75) is 20.4 Å². The average molecular weight is 219 g/mol. The van der Waals surface area contributed by atoms with Crippen LogP contribution in [0.15, 0.2) is 18.2 Å². The van der Waals surface area contributed by atoms with Crippen LogP contribution in [0.3, 0.4) is 0 Å². The number of benzene rings is 1. The third kappa shape index (κ3) is 2.03. The molecule has 0 unspecified atom stereocenters. The van der Waals surface area contributed by atoms with Crippen molar-refractivity contribution in [2.75, 3.05) is 6.61 Å². The molecule has 16 heavy (non-hydrogen) atoms. The largest absolute Gasteiger partial charge is 0.465 e. The molecule has 0 spiro atoms. The van der Waals surface area contributed by atoms with E-state index in [0.717, 1.165) is 16.6 Å². The zero-order valence-corrected chi connectivity index (χ0v) is 9.30. The molecule has 1 aromatic carbocycles. The maximum atomic E-state index is 11.3. The number of ether oxygens (including phenoxy) is 1. The van der Waals surface area contributed by atoms with Crippen LogP contribution in [0.2, 0.25) is 0 Å². The maximum Gasteiger partial charge on any atom is 0.327 e. The molecular weight excluding hydrogens is 206 g/mol. The van der Waals surface area contributed by atoms with E-state index in [1.807, 2.05) is 25.1 Å². The molecule has 0 saturated carbocycles. The molecular formula is C11H13N3O2. The first-order valence-corrected chi connectivity index (χ1v) is 5.16. The van der Waals surface area contributed by atoms with E-state index in [-0.39, 0.29) is 12.5 Å². The Balaban J connectivity index is 2.28. The van der Waals surface area contributed by atoms with Gasteiger partial charge in [-0.1, -0.05) is 11.3 Å². The number of hydrogen-bond donors (Lipinski definition) is 0. The molecule has 2 rings (SSSR count). The SMILES string of the molecule is CCOC(=O)Cn1nnc2cc(C)ccc21. The van der Waals surface area contributed by atoms with Gasteiger partial charge in [-0.15, -0.1) is 5.10 Å². The molecule has 0 fully saturated rings. The monoisotopic (exact) mass is 219 g/mol. The number of carbonyl (C=O) groups is 1. The van der Waals surface area contributed by atoms with Crippen LogP contribution < -0.4 is 0 Å². The number of fused-ring (bicyclic) bond motifs is 1. The molecule has 5 nitrogen and oxygen atoms in total. The molecule has 1 heterocycles. The predicted octanol–water partition coefficient (Wildman–Crippen LogP) is 1.30. The lowest BCUT2D eigenvalue weighted by atomic mass is 10.2. The Labute approximate surface area is 93.0 Å². The van der Waals surface area contributed by atoms with Crippen LogP contribution in [0, 0.1) is 6.92 Å². The number of rotatable bonds is 3. The molecule has 0 aliphatic rings. The topological polar surface area (TPSA) is 57.0 Å². The van der Waals surface area contributed by atoms with Crippen LogP contribution in [0.25, 0.3) is 11.0 Å². The highest BCUT2D eigenvalue weighted by atomic mass is 16.5. The van der Waals surface area contributed by atoms with E-state index < -0.39 is 0 Å². The minimum atomic E-state index is -0.296. The van der Waals surface area contributed by atoms with Crippen LogP contribution in [0.4, 0.5) is 0 Å². The van der Waals surface area contributed by atoms with Gasteiger partial charge < -0.3 is 4.74 Å². The highest BCUT2D eigenvalue weighted by molar-refractivity contribution is 5.77. The van der Waals surface area contributed by atoms with Crippen molar-refractivity contribution in [1.29, 1.82) is 0 Å². The van der Waals surface area contributed by atoms with Gasteiger partial charge in [0.2, 0.25) is 0 Å². The maximum absolute atomic E-state index is 11.3. The fourth-order valence-electron chi connectivity index (χ4n) is 1.53. The normalized spacial score (nSPS) is 10.6. The molecule has 1 aromatic heterocycles. The summed E-state index contributed by atoms with van der Waals surface area (Å²) in [4.78, 5) is 11.3. The Hall–Kier alpha value is -1.91. The Morgan fingerprint density at radius 1 is 1.50 bits per heavy atom. The first kappa shape index (κ1) is 10.6. The highest BCUT2D eigenvalue weighted by Gasteiger charge is 2.09. The summed E-state index contributed by atoms with van der Waals surface area (Å²) in [5, 5.41) is 7.92. The summed E-state index contributed by atoms with van der Waals surface area (Å²) >= 11 is 0. The van der Waals surface area contributed by atoms with Crippen molar-refractivity contribution in [1.82, 2.24) is 15.0 Å². The summed E-state index contributed by atoms with van der Waals surface area (Å²) in [6.07, 6.45) is 0. The van der Waals surface area contributed by atoms with E-state index in [1.54, 1.807) is 11.6 Å². The first-order chi connectivity index (χ1) is 7.70. The van der Waals surface area contributed by atoms with Gasteiger partial charge in [0.1, 0.15) is 12.1 Å². The lowest BCUT2D eigenvalue weighted by Gasteiger charge is -2.02. The van der Waals surface area contributed by atoms with E-state index in [2.05, 4.69) is 10.3 Å². The van der Waals surface area contributed by atoms with Gasteiger partial charge in [-0.2, -0.15) is 0 Å². The van der Waals surface area contributed by atoms with Gasteiger partial charge >= 0.3 is 5.97 Å². The molecule has 0 atom stereocenters. The summed E-state index contributed by atoms with van der Waals surface area (Å²) in [7, 11) is 0. The summed E-state index contributed by atoms with van der Waals surface area (Å²) in [6, 6.07) is 5.81. The van der Waals surface area contributed by atoms with E-state index in [1.165, 1.54) is 0 Å². The van der Waals surface area contributed by atoms with Gasteiger partial charge in [-0.25, -0.2) is 4.68 Å². The third-order valence-electron chi connectivity index (χ3n) is 2.25. The lowest BCUT2D eigenvalue weighted by Crippen LogP contribution is -2.14. The number of aryl methyl sites for hydroxylation is 1. The molecule has 0 N–H and O–H groups in total. The minimum absolute atomic E-state index is 0.105. The number of aromatic nitrogens is 3. The van der Waals surface area contributed by atoms with Gasteiger partial charge in [0.15, 0.2) is 0 Å². The van der Waals surface area contributed by atoms with E-state index >= 15 is 0 Å². The smallest absolute Gasteiger partial charge is 0.327 e. The average Bonchev–Trinajstić information content (AvgIpc) is 2.61. The second-order valence-corrected chi connectivity index (χ2v) is 3.54. The summed E-state index contributed by atoms with van der Waals surface area (Å²) in [5.41, 5.74) is 2.76. The Morgan fingerprint density at radius 3 is 3.06 bits per heavy atom. The van der Waals surface area contributed by atoms with Crippen LogP contribution >= 0.6 is 0 Å². The number of carbonyl (C=O) groups excluding carboxylic acids is 1. The van der Waals surface area contributed by atoms with E-state index in [4.69, 9.17) is 4.74 Å². The van der Waals surface area contributed by atoms with Crippen LogP contribution in [-0.2, 0) is 16.1 Å². The van der Waals surface area contributed by atoms with Gasteiger partial charge in [0, 0.05) is 0 Å². The molecule has 84 valence electrons. The molecule has 0 radical (unpaired) electrons. The zero-order chi connectivity index (χ0) is 11.5. The van der Waals surface area contributed by atoms with Crippen molar-refractivity contribution < 1.29 is 9.53 Å². The molecule has 2 aromatic rings. The summed E-state index contributed by atoms with van der Waals surface area (Å²) in [6.45, 7) is 4.25. The Kier molecular flexibility index (Phi) is 2.85. The fraction of sp³-hybridized carbons (Fsp3) is 0.364. The number of hydrogen-bond acceptors (Lipinski definition) is 4. The second-order valence-electron chi connectivity index (χ2n) is 3.54.